The number of ether oxygens (including phenoxy) is 1. The highest BCUT2D eigenvalue weighted by Gasteiger charge is 2.43. The van der Waals surface area contributed by atoms with Gasteiger partial charge in [0.1, 0.15) is 6.10 Å². The molecule has 2 rings (SSSR count). The van der Waals surface area contributed by atoms with E-state index in [9.17, 15) is 9.90 Å². The van der Waals surface area contributed by atoms with Crippen molar-refractivity contribution < 1.29 is 14.6 Å². The first-order valence-corrected chi connectivity index (χ1v) is 9.42. The molecule has 4 nitrogen and oxygen atoms in total. The first kappa shape index (κ1) is 19.7. The van der Waals surface area contributed by atoms with Gasteiger partial charge in [0, 0.05) is 24.9 Å². The molecular formula is C21H31NO3. The molecule has 4 unspecified atom stereocenters. The minimum absolute atomic E-state index is 0.0171. The number of hydrogen-bond donors (Lipinski definition) is 1. The average molecular weight is 345 g/mol. The predicted molar refractivity (Wildman–Crippen MR) is 97.4 cm³/mol. The Kier molecular flexibility index (Phi) is 6.46. The Hall–Kier alpha value is -1.60. The van der Waals surface area contributed by atoms with Crippen molar-refractivity contribution in [1.29, 1.82) is 5.26 Å². The Balaban J connectivity index is 2.30. The molecule has 0 saturated heterocycles. The molecule has 1 N–H and O–H groups in total. The number of carbonyl (C=O) groups is 1. The van der Waals surface area contributed by atoms with Crippen LogP contribution < -0.4 is 0 Å². The number of hydrogen-bond acceptors (Lipinski definition) is 4. The largest absolute Gasteiger partial charge is 0.461 e. The summed E-state index contributed by atoms with van der Waals surface area (Å²) < 4.78 is 6.00. The van der Waals surface area contributed by atoms with Crippen molar-refractivity contribution in [2.24, 2.45) is 29.1 Å². The van der Waals surface area contributed by atoms with E-state index in [1.165, 1.54) is 0 Å². The lowest BCUT2D eigenvalue weighted by molar-refractivity contribution is -0.165. The fourth-order valence-corrected chi connectivity index (χ4v) is 3.90. The Labute approximate surface area is 151 Å². The third-order valence-corrected chi connectivity index (χ3v) is 6.00. The van der Waals surface area contributed by atoms with Crippen molar-refractivity contribution in [2.75, 3.05) is 6.61 Å². The van der Waals surface area contributed by atoms with Crippen molar-refractivity contribution in [3.8, 4) is 6.07 Å². The van der Waals surface area contributed by atoms with Crippen LogP contribution >= 0.6 is 0 Å². The molecule has 0 aliphatic heterocycles. The normalized spacial score (nSPS) is 31.7. The van der Waals surface area contributed by atoms with Crippen molar-refractivity contribution in [3.05, 3.63) is 23.8 Å². The summed E-state index contributed by atoms with van der Waals surface area (Å²) in [7, 11) is 0. The van der Waals surface area contributed by atoms with Gasteiger partial charge >= 0.3 is 5.97 Å². The molecule has 0 radical (unpaired) electrons. The molecule has 2 aliphatic carbocycles. The van der Waals surface area contributed by atoms with Crippen LogP contribution in [0.4, 0.5) is 0 Å². The minimum atomic E-state index is -0.506. The summed E-state index contributed by atoms with van der Waals surface area (Å²) >= 11 is 0. The zero-order valence-corrected chi connectivity index (χ0v) is 15.9. The minimum Gasteiger partial charge on any atom is -0.461 e. The number of aliphatic hydroxyl groups excluding tert-OH is 1. The van der Waals surface area contributed by atoms with E-state index in [2.05, 4.69) is 31.2 Å². The number of allylic oxidation sites excluding steroid dienone is 2. The number of rotatable bonds is 6. The molecule has 0 aromatic rings. The Morgan fingerprint density at radius 1 is 1.48 bits per heavy atom. The van der Waals surface area contributed by atoms with E-state index >= 15 is 0 Å². The van der Waals surface area contributed by atoms with Crippen LogP contribution in [0.1, 0.15) is 53.4 Å². The Morgan fingerprint density at radius 2 is 2.20 bits per heavy atom. The summed E-state index contributed by atoms with van der Waals surface area (Å²) in [5.74, 6) is 0.607. The van der Waals surface area contributed by atoms with Crippen LogP contribution in [-0.4, -0.2) is 23.8 Å². The van der Waals surface area contributed by atoms with Gasteiger partial charge in [0.25, 0.3) is 0 Å². The lowest BCUT2D eigenvalue weighted by Gasteiger charge is -2.43. The number of esters is 1. The van der Waals surface area contributed by atoms with Crippen LogP contribution in [0.15, 0.2) is 23.8 Å². The van der Waals surface area contributed by atoms with E-state index in [0.717, 1.165) is 18.4 Å². The molecule has 25 heavy (non-hydrogen) atoms. The van der Waals surface area contributed by atoms with Crippen molar-refractivity contribution >= 4 is 5.97 Å². The number of nitrogens with zero attached hydrogens (tertiary/aromatic N) is 1. The van der Waals surface area contributed by atoms with Gasteiger partial charge in [-0.15, -0.1) is 0 Å². The standard InChI is InChI=1S/C21H31NO3/c1-5-21(3,4)20(24)25-18-12-15(13-23)11-16-9-8-14(2)17(19(16)18)7-6-10-22/h8-9,11,14-15,17-19,23H,5-7,12-13H2,1-4H3/t14?,15?,17?,18?,19-/m1/s1. The van der Waals surface area contributed by atoms with Gasteiger partial charge in [-0.05, 0) is 50.5 Å². The second-order valence-electron chi connectivity index (χ2n) is 8.13. The molecule has 138 valence electrons. The number of nitriles is 1. The van der Waals surface area contributed by atoms with Crippen molar-refractivity contribution in [2.45, 2.75) is 59.5 Å². The van der Waals surface area contributed by atoms with Gasteiger partial charge in [-0.25, -0.2) is 0 Å². The smallest absolute Gasteiger partial charge is 0.311 e. The van der Waals surface area contributed by atoms with Crippen LogP contribution in [-0.2, 0) is 9.53 Å². The molecule has 0 fully saturated rings. The van der Waals surface area contributed by atoms with Crippen LogP contribution in [0, 0.1) is 40.4 Å². The van der Waals surface area contributed by atoms with Gasteiger partial charge in [-0.1, -0.05) is 32.1 Å². The van der Waals surface area contributed by atoms with E-state index in [4.69, 9.17) is 10.00 Å². The highest BCUT2D eigenvalue weighted by molar-refractivity contribution is 5.76. The third kappa shape index (κ3) is 4.33. The van der Waals surface area contributed by atoms with Crippen molar-refractivity contribution in [3.63, 3.8) is 0 Å². The third-order valence-electron chi connectivity index (χ3n) is 6.00. The maximum atomic E-state index is 12.7. The lowest BCUT2D eigenvalue weighted by Crippen LogP contribution is -2.43. The molecule has 2 aliphatic rings. The second-order valence-corrected chi connectivity index (χ2v) is 8.13. The first-order chi connectivity index (χ1) is 11.8. The summed E-state index contributed by atoms with van der Waals surface area (Å²) in [4.78, 5) is 12.7. The summed E-state index contributed by atoms with van der Waals surface area (Å²) in [5, 5.41) is 18.7. The van der Waals surface area contributed by atoms with Crippen LogP contribution in [0.25, 0.3) is 0 Å². The number of carbonyl (C=O) groups excluding carboxylic acids is 1. The van der Waals surface area contributed by atoms with Gasteiger partial charge in [-0.3, -0.25) is 4.79 Å². The van der Waals surface area contributed by atoms with Crippen LogP contribution in [0.3, 0.4) is 0 Å². The quantitative estimate of drug-likeness (QED) is 0.738. The molecule has 5 atom stereocenters. The fourth-order valence-electron chi connectivity index (χ4n) is 3.90. The average Bonchev–Trinajstić information content (AvgIpc) is 2.60. The predicted octanol–water partition coefficient (Wildman–Crippen LogP) is 4.02. The zero-order chi connectivity index (χ0) is 18.6. The maximum Gasteiger partial charge on any atom is 0.311 e. The highest BCUT2D eigenvalue weighted by Crippen LogP contribution is 2.45. The molecular weight excluding hydrogens is 314 g/mol. The number of aliphatic hydroxyl groups is 1. The van der Waals surface area contributed by atoms with E-state index < -0.39 is 5.41 Å². The number of fused-ring (bicyclic) bond motifs is 1. The zero-order valence-electron chi connectivity index (χ0n) is 15.9. The van der Waals surface area contributed by atoms with Gasteiger partial charge in [0.05, 0.1) is 11.5 Å². The molecule has 0 spiro atoms. The molecule has 0 aromatic heterocycles. The van der Waals surface area contributed by atoms with Crippen LogP contribution in [0.2, 0.25) is 0 Å². The monoisotopic (exact) mass is 345 g/mol. The van der Waals surface area contributed by atoms with Gasteiger partial charge in [-0.2, -0.15) is 5.26 Å². The van der Waals surface area contributed by atoms with E-state index in [-0.39, 0.29) is 36.4 Å². The van der Waals surface area contributed by atoms with Gasteiger partial charge in [0.15, 0.2) is 0 Å². The SMILES string of the molecule is CCC(C)(C)C(=O)OC1CC(CO)C=C2C=CC(C)C(CCC#N)[C@@H]21. The van der Waals surface area contributed by atoms with E-state index in [1.54, 1.807) is 0 Å². The van der Waals surface area contributed by atoms with E-state index in [0.29, 0.717) is 18.8 Å². The molecule has 0 bridgehead atoms. The second kappa shape index (κ2) is 8.19. The molecule has 4 heteroatoms. The molecule has 0 heterocycles. The van der Waals surface area contributed by atoms with E-state index in [1.807, 2.05) is 20.8 Å². The summed E-state index contributed by atoms with van der Waals surface area (Å²) in [5.41, 5.74) is 0.646. The molecule has 0 aromatic carbocycles. The van der Waals surface area contributed by atoms with Gasteiger partial charge in [0.2, 0.25) is 0 Å². The topological polar surface area (TPSA) is 70.3 Å². The summed E-state index contributed by atoms with van der Waals surface area (Å²) in [6.07, 6.45) is 8.89. The van der Waals surface area contributed by atoms with Gasteiger partial charge < -0.3 is 9.84 Å². The maximum absolute atomic E-state index is 12.7. The molecule has 0 saturated carbocycles. The Bertz CT molecular complexity index is 584. The highest BCUT2D eigenvalue weighted by atomic mass is 16.5. The van der Waals surface area contributed by atoms with Crippen LogP contribution in [0.5, 0.6) is 0 Å². The fraction of sp³-hybridized carbons (Fsp3) is 0.714. The summed E-state index contributed by atoms with van der Waals surface area (Å²) in [6, 6.07) is 2.25. The molecule has 0 amide bonds. The lowest BCUT2D eigenvalue weighted by atomic mass is 9.65. The summed E-state index contributed by atoms with van der Waals surface area (Å²) in [6.45, 7) is 8.05. The van der Waals surface area contributed by atoms with Crippen molar-refractivity contribution in [1.82, 2.24) is 0 Å². The Morgan fingerprint density at radius 3 is 2.80 bits per heavy atom. The first-order valence-electron chi connectivity index (χ1n) is 9.42.